The molecule has 3 aromatic rings. The number of fused-ring (bicyclic) bond motifs is 1. The number of benzene rings is 2. The van der Waals surface area contributed by atoms with Crippen LogP contribution in [0.4, 0.5) is 11.5 Å². The van der Waals surface area contributed by atoms with Crippen LogP contribution in [0.25, 0.3) is 10.9 Å². The van der Waals surface area contributed by atoms with Gasteiger partial charge in [-0.1, -0.05) is 36.6 Å². The van der Waals surface area contributed by atoms with Gasteiger partial charge in [0.1, 0.15) is 12.1 Å². The second-order valence-corrected chi connectivity index (χ2v) is 7.45. The van der Waals surface area contributed by atoms with Crippen LogP contribution in [-0.4, -0.2) is 33.5 Å². The Kier molecular flexibility index (Phi) is 8.14. The van der Waals surface area contributed by atoms with Gasteiger partial charge in [-0.05, 0) is 43.2 Å². The largest absolute Gasteiger partial charge is 0.352 e. The standard InChI is InChI=1S/C22H24ClN5O3/c23-15-10-11-18-17(13-15)21(26-14-25-18)27-19-8-5-4-7-16(19)22(30)24-12-6-2-1-3-9-20(29)28-31/h4-5,7-8,10-11,13-14,31H,1-3,6,9,12H2,(H,24,30)(H,28,29)(H,25,26,27). The molecule has 4 N–H and O–H groups in total. The van der Waals surface area contributed by atoms with Gasteiger partial charge in [0, 0.05) is 23.4 Å². The Labute approximate surface area is 185 Å². The number of unbranched alkanes of at least 4 members (excludes halogenated alkanes) is 3. The van der Waals surface area contributed by atoms with E-state index in [9.17, 15) is 9.59 Å². The Morgan fingerprint density at radius 2 is 1.81 bits per heavy atom. The normalized spacial score (nSPS) is 10.6. The highest BCUT2D eigenvalue weighted by molar-refractivity contribution is 6.31. The average Bonchev–Trinajstić information content (AvgIpc) is 2.78. The average molecular weight is 442 g/mol. The summed E-state index contributed by atoms with van der Waals surface area (Å²) < 4.78 is 0. The third-order valence-electron chi connectivity index (χ3n) is 4.76. The first-order valence-electron chi connectivity index (χ1n) is 10.1. The number of para-hydroxylation sites is 1. The highest BCUT2D eigenvalue weighted by Gasteiger charge is 2.13. The molecular formula is C22H24ClN5O3. The van der Waals surface area contributed by atoms with Crippen LogP contribution in [0.5, 0.6) is 0 Å². The van der Waals surface area contributed by atoms with E-state index in [1.165, 1.54) is 6.33 Å². The Bertz CT molecular complexity index is 1060. The van der Waals surface area contributed by atoms with Crippen LogP contribution in [-0.2, 0) is 4.79 Å². The predicted molar refractivity (Wildman–Crippen MR) is 120 cm³/mol. The Hall–Kier alpha value is -3.23. The Balaban J connectivity index is 1.59. The molecule has 0 saturated heterocycles. The number of rotatable bonds is 10. The molecule has 1 heterocycles. The van der Waals surface area contributed by atoms with E-state index < -0.39 is 0 Å². The molecule has 0 aliphatic carbocycles. The molecule has 9 heteroatoms. The van der Waals surface area contributed by atoms with E-state index >= 15 is 0 Å². The summed E-state index contributed by atoms with van der Waals surface area (Å²) in [5, 5.41) is 16.0. The minimum Gasteiger partial charge on any atom is -0.352 e. The summed E-state index contributed by atoms with van der Waals surface area (Å²) in [6.45, 7) is 0.533. The quantitative estimate of drug-likeness (QED) is 0.213. The molecule has 0 unspecified atom stereocenters. The zero-order valence-electron chi connectivity index (χ0n) is 16.9. The van der Waals surface area contributed by atoms with Gasteiger partial charge in [-0.3, -0.25) is 14.8 Å². The van der Waals surface area contributed by atoms with E-state index in [2.05, 4.69) is 20.6 Å². The molecule has 0 radical (unpaired) electrons. The van der Waals surface area contributed by atoms with Crippen LogP contribution in [0.3, 0.4) is 0 Å². The smallest absolute Gasteiger partial charge is 0.253 e. The summed E-state index contributed by atoms with van der Waals surface area (Å²) in [6, 6.07) is 12.6. The van der Waals surface area contributed by atoms with Crippen LogP contribution >= 0.6 is 11.6 Å². The maximum absolute atomic E-state index is 12.7. The number of anilines is 2. The van der Waals surface area contributed by atoms with E-state index in [1.54, 1.807) is 29.7 Å². The van der Waals surface area contributed by atoms with Crippen LogP contribution in [0.2, 0.25) is 5.02 Å². The molecule has 162 valence electrons. The first-order chi connectivity index (χ1) is 15.1. The zero-order chi connectivity index (χ0) is 22.1. The van der Waals surface area contributed by atoms with Crippen LogP contribution in [0.15, 0.2) is 48.8 Å². The maximum atomic E-state index is 12.7. The van der Waals surface area contributed by atoms with Crippen molar-refractivity contribution in [3.63, 3.8) is 0 Å². The fraction of sp³-hybridized carbons (Fsp3) is 0.273. The Morgan fingerprint density at radius 3 is 2.65 bits per heavy atom. The van der Waals surface area contributed by atoms with Crippen molar-refractivity contribution in [3.05, 3.63) is 59.4 Å². The number of aromatic nitrogens is 2. The number of amides is 2. The van der Waals surface area contributed by atoms with Crippen LogP contribution in [0.1, 0.15) is 42.5 Å². The van der Waals surface area contributed by atoms with Crippen molar-refractivity contribution in [2.45, 2.75) is 32.1 Å². The van der Waals surface area contributed by atoms with Crippen LogP contribution in [0, 0.1) is 0 Å². The van der Waals surface area contributed by atoms with Gasteiger partial charge in [0.05, 0.1) is 16.8 Å². The first kappa shape index (κ1) is 22.5. The van der Waals surface area contributed by atoms with Gasteiger partial charge in [0.2, 0.25) is 5.91 Å². The number of carbonyl (C=O) groups is 2. The highest BCUT2D eigenvalue weighted by Crippen LogP contribution is 2.27. The van der Waals surface area contributed by atoms with Gasteiger partial charge in [-0.25, -0.2) is 15.4 Å². The molecule has 31 heavy (non-hydrogen) atoms. The maximum Gasteiger partial charge on any atom is 0.253 e. The molecule has 8 nitrogen and oxygen atoms in total. The summed E-state index contributed by atoms with van der Waals surface area (Å²) in [6.07, 6.45) is 4.99. The molecule has 2 amide bonds. The SMILES string of the molecule is O=C(CCCCCCNC(=O)c1ccccc1Nc1ncnc2ccc(Cl)cc12)NO. The second-order valence-electron chi connectivity index (χ2n) is 7.01. The lowest BCUT2D eigenvalue weighted by molar-refractivity contribution is -0.129. The van der Waals surface area contributed by atoms with Crippen molar-refractivity contribution in [1.82, 2.24) is 20.8 Å². The van der Waals surface area contributed by atoms with Crippen molar-refractivity contribution in [3.8, 4) is 0 Å². The lowest BCUT2D eigenvalue weighted by atomic mass is 10.1. The van der Waals surface area contributed by atoms with Crippen molar-refractivity contribution in [1.29, 1.82) is 0 Å². The molecule has 0 saturated carbocycles. The number of nitrogens with one attached hydrogen (secondary N) is 3. The number of halogens is 1. The van der Waals surface area contributed by atoms with Gasteiger partial charge >= 0.3 is 0 Å². The molecule has 2 aromatic carbocycles. The number of hydroxylamine groups is 1. The molecular weight excluding hydrogens is 418 g/mol. The summed E-state index contributed by atoms with van der Waals surface area (Å²) in [5.74, 6) is 0.00923. The molecule has 0 atom stereocenters. The zero-order valence-corrected chi connectivity index (χ0v) is 17.7. The summed E-state index contributed by atoms with van der Waals surface area (Å²) >= 11 is 6.12. The molecule has 0 aliphatic rings. The monoisotopic (exact) mass is 441 g/mol. The van der Waals surface area contributed by atoms with Crippen LogP contribution < -0.4 is 16.1 Å². The lowest BCUT2D eigenvalue weighted by Gasteiger charge is -2.13. The molecule has 1 aromatic heterocycles. The summed E-state index contributed by atoms with van der Waals surface area (Å²) in [5.41, 5.74) is 3.51. The lowest BCUT2D eigenvalue weighted by Crippen LogP contribution is -2.25. The fourth-order valence-electron chi connectivity index (χ4n) is 3.16. The molecule has 0 fully saturated rings. The van der Waals surface area contributed by atoms with Gasteiger partial charge in [-0.2, -0.15) is 0 Å². The molecule has 0 spiro atoms. The van der Waals surface area contributed by atoms with Gasteiger partial charge < -0.3 is 10.6 Å². The summed E-state index contributed by atoms with van der Waals surface area (Å²) in [4.78, 5) is 32.2. The third kappa shape index (κ3) is 6.37. The van der Waals surface area contributed by atoms with E-state index in [1.807, 2.05) is 18.2 Å². The van der Waals surface area contributed by atoms with E-state index in [0.717, 1.165) is 30.2 Å². The van der Waals surface area contributed by atoms with E-state index in [0.29, 0.717) is 41.5 Å². The third-order valence-corrected chi connectivity index (χ3v) is 5.00. The highest BCUT2D eigenvalue weighted by atomic mass is 35.5. The molecule has 3 rings (SSSR count). The number of nitrogens with zero attached hydrogens (tertiary/aromatic N) is 2. The van der Waals surface area contributed by atoms with Crippen molar-refractivity contribution in [2.24, 2.45) is 0 Å². The predicted octanol–water partition coefficient (Wildman–Crippen LogP) is 4.21. The number of hydrogen-bond acceptors (Lipinski definition) is 6. The number of carbonyl (C=O) groups excluding carboxylic acids is 2. The minimum absolute atomic E-state index is 0.181. The Morgan fingerprint density at radius 1 is 1.00 bits per heavy atom. The van der Waals surface area contributed by atoms with Crippen molar-refractivity contribution in [2.75, 3.05) is 11.9 Å². The topological polar surface area (TPSA) is 116 Å². The van der Waals surface area contributed by atoms with E-state index in [-0.39, 0.29) is 11.8 Å². The number of hydrogen-bond donors (Lipinski definition) is 4. The summed E-state index contributed by atoms with van der Waals surface area (Å²) in [7, 11) is 0. The van der Waals surface area contributed by atoms with Gasteiger partial charge in [0.15, 0.2) is 0 Å². The second kappa shape index (κ2) is 11.2. The van der Waals surface area contributed by atoms with Crippen molar-refractivity contribution < 1.29 is 14.8 Å². The molecule has 0 bridgehead atoms. The fourth-order valence-corrected chi connectivity index (χ4v) is 3.34. The first-order valence-corrected chi connectivity index (χ1v) is 10.4. The van der Waals surface area contributed by atoms with Gasteiger partial charge in [-0.15, -0.1) is 0 Å². The minimum atomic E-state index is -0.379. The van der Waals surface area contributed by atoms with Gasteiger partial charge in [0.25, 0.3) is 5.91 Å². The van der Waals surface area contributed by atoms with Crippen molar-refractivity contribution >= 4 is 45.8 Å². The molecule has 0 aliphatic heterocycles. The van der Waals surface area contributed by atoms with E-state index in [4.69, 9.17) is 16.8 Å².